The van der Waals surface area contributed by atoms with Crippen molar-refractivity contribution in [3.63, 3.8) is 0 Å². The van der Waals surface area contributed by atoms with E-state index < -0.39 is 0 Å². The van der Waals surface area contributed by atoms with Crippen LogP contribution < -0.4 is 5.32 Å². The van der Waals surface area contributed by atoms with Crippen LogP contribution in [0.4, 0.5) is 5.13 Å². The fourth-order valence-electron chi connectivity index (χ4n) is 2.50. The molecule has 1 aromatic heterocycles. The summed E-state index contributed by atoms with van der Waals surface area (Å²) in [5.74, 6) is 1.66. The lowest BCUT2D eigenvalue weighted by atomic mass is 10.1. The first-order valence-electron chi connectivity index (χ1n) is 6.47. The molecule has 1 saturated carbocycles. The smallest absolute Gasteiger partial charge is 0.203 e. The minimum atomic E-state index is 0.580. The molecule has 18 heavy (non-hydrogen) atoms. The van der Waals surface area contributed by atoms with Crippen LogP contribution in [0.15, 0.2) is 30.3 Å². The maximum absolute atomic E-state index is 4.57. The van der Waals surface area contributed by atoms with Crippen molar-refractivity contribution in [2.24, 2.45) is 5.92 Å². The molecule has 0 radical (unpaired) electrons. The van der Waals surface area contributed by atoms with Gasteiger partial charge >= 0.3 is 0 Å². The highest BCUT2D eigenvalue weighted by atomic mass is 32.1. The first-order valence-corrected chi connectivity index (χ1v) is 7.24. The van der Waals surface area contributed by atoms with Crippen LogP contribution in [-0.4, -0.2) is 15.4 Å². The van der Waals surface area contributed by atoms with Gasteiger partial charge in [0, 0.05) is 23.1 Å². The third-order valence-corrected chi connectivity index (χ3v) is 4.13. The Hall–Kier alpha value is -1.42. The maximum Gasteiger partial charge on any atom is 0.203 e. The topological polar surface area (TPSA) is 37.8 Å². The highest BCUT2D eigenvalue weighted by Gasteiger charge is 2.22. The lowest BCUT2D eigenvalue weighted by Crippen LogP contribution is -2.14. The van der Waals surface area contributed by atoms with Crippen LogP contribution in [0.3, 0.4) is 0 Å². The number of rotatable bonds is 3. The summed E-state index contributed by atoms with van der Waals surface area (Å²) in [6.07, 6.45) is 3.82. The summed E-state index contributed by atoms with van der Waals surface area (Å²) in [5.41, 5.74) is 1.08. The van der Waals surface area contributed by atoms with Crippen LogP contribution in [0, 0.1) is 5.92 Å². The van der Waals surface area contributed by atoms with Crippen molar-refractivity contribution < 1.29 is 0 Å². The first kappa shape index (κ1) is 11.7. The molecule has 4 heteroatoms. The Bertz CT molecular complexity index is 509. The molecule has 2 aromatic rings. The molecular formula is C14H17N3S. The molecule has 94 valence electrons. The number of nitrogens with zero attached hydrogens (tertiary/aromatic N) is 2. The quantitative estimate of drug-likeness (QED) is 0.911. The molecule has 1 fully saturated rings. The van der Waals surface area contributed by atoms with Gasteiger partial charge in [-0.05, 0) is 25.2 Å². The Labute approximate surface area is 111 Å². The summed E-state index contributed by atoms with van der Waals surface area (Å²) in [4.78, 5) is 4.57. The number of aromatic nitrogens is 2. The Morgan fingerprint density at radius 3 is 2.78 bits per heavy atom. The first-order chi connectivity index (χ1) is 8.81. The van der Waals surface area contributed by atoms with Crippen molar-refractivity contribution in [3.8, 4) is 11.4 Å². The number of hydrogen-bond donors (Lipinski definition) is 1. The van der Waals surface area contributed by atoms with Gasteiger partial charge in [-0.1, -0.05) is 37.3 Å². The van der Waals surface area contributed by atoms with E-state index in [1.165, 1.54) is 30.8 Å². The zero-order chi connectivity index (χ0) is 12.4. The molecule has 2 unspecified atom stereocenters. The van der Waals surface area contributed by atoms with Gasteiger partial charge in [0.2, 0.25) is 5.13 Å². The van der Waals surface area contributed by atoms with Crippen molar-refractivity contribution in [3.05, 3.63) is 30.3 Å². The summed E-state index contributed by atoms with van der Waals surface area (Å²) >= 11 is 1.46. The molecule has 1 aliphatic carbocycles. The molecular weight excluding hydrogens is 242 g/mol. The van der Waals surface area contributed by atoms with Crippen molar-refractivity contribution in [1.29, 1.82) is 0 Å². The number of nitrogens with one attached hydrogen (secondary N) is 1. The molecule has 0 spiro atoms. The Morgan fingerprint density at radius 2 is 2.06 bits per heavy atom. The molecule has 0 amide bonds. The van der Waals surface area contributed by atoms with Crippen LogP contribution >= 0.6 is 11.5 Å². The Morgan fingerprint density at radius 1 is 1.22 bits per heavy atom. The Kier molecular flexibility index (Phi) is 3.28. The highest BCUT2D eigenvalue weighted by molar-refractivity contribution is 7.09. The standard InChI is InChI=1S/C14H17N3S/c1-10-7-8-12(9-10)15-14-16-13(17-18-14)11-5-3-2-4-6-11/h2-6,10,12H,7-9H2,1H3,(H,15,16,17). The molecule has 3 nitrogen and oxygen atoms in total. The Balaban J connectivity index is 1.70. The number of hydrogen-bond acceptors (Lipinski definition) is 4. The number of benzene rings is 1. The molecule has 0 aliphatic heterocycles. The molecule has 0 saturated heterocycles. The molecule has 0 bridgehead atoms. The molecule has 1 aromatic carbocycles. The van der Waals surface area contributed by atoms with Gasteiger partial charge in [-0.3, -0.25) is 0 Å². The lowest BCUT2D eigenvalue weighted by molar-refractivity contribution is 0.602. The lowest BCUT2D eigenvalue weighted by Gasteiger charge is -2.09. The average molecular weight is 259 g/mol. The summed E-state index contributed by atoms with van der Waals surface area (Å²) in [6.45, 7) is 2.32. The number of anilines is 1. The van der Waals surface area contributed by atoms with E-state index in [2.05, 4.69) is 21.6 Å². The van der Waals surface area contributed by atoms with Crippen LogP contribution in [0.5, 0.6) is 0 Å². The monoisotopic (exact) mass is 259 g/mol. The normalized spacial score (nSPS) is 23.2. The van der Waals surface area contributed by atoms with Gasteiger partial charge in [0.15, 0.2) is 5.82 Å². The summed E-state index contributed by atoms with van der Waals surface area (Å²) in [6, 6.07) is 10.7. The van der Waals surface area contributed by atoms with Crippen molar-refractivity contribution >= 4 is 16.7 Å². The van der Waals surface area contributed by atoms with E-state index in [9.17, 15) is 0 Å². The van der Waals surface area contributed by atoms with Crippen molar-refractivity contribution in [2.45, 2.75) is 32.2 Å². The second-order valence-corrected chi connectivity index (χ2v) is 5.80. The van der Waals surface area contributed by atoms with E-state index in [0.29, 0.717) is 6.04 Å². The molecule has 1 aliphatic rings. The summed E-state index contributed by atoms with van der Waals surface area (Å²) in [5, 5.41) is 4.46. The van der Waals surface area contributed by atoms with Gasteiger partial charge < -0.3 is 5.32 Å². The van der Waals surface area contributed by atoms with E-state index in [4.69, 9.17) is 0 Å². The zero-order valence-corrected chi connectivity index (χ0v) is 11.3. The van der Waals surface area contributed by atoms with Crippen molar-refractivity contribution in [1.82, 2.24) is 9.36 Å². The largest absolute Gasteiger partial charge is 0.358 e. The van der Waals surface area contributed by atoms with Crippen LogP contribution in [0.2, 0.25) is 0 Å². The molecule has 2 atom stereocenters. The average Bonchev–Trinajstić information content (AvgIpc) is 3.01. The van der Waals surface area contributed by atoms with E-state index >= 15 is 0 Å². The minimum Gasteiger partial charge on any atom is -0.358 e. The van der Waals surface area contributed by atoms with Crippen LogP contribution in [0.25, 0.3) is 11.4 Å². The maximum atomic E-state index is 4.57. The van der Waals surface area contributed by atoms with Gasteiger partial charge in [-0.25, -0.2) is 0 Å². The van der Waals surface area contributed by atoms with Gasteiger partial charge in [-0.15, -0.1) is 0 Å². The van der Waals surface area contributed by atoms with Crippen LogP contribution in [0.1, 0.15) is 26.2 Å². The second kappa shape index (κ2) is 5.06. The van der Waals surface area contributed by atoms with Crippen molar-refractivity contribution in [2.75, 3.05) is 5.32 Å². The van der Waals surface area contributed by atoms with Crippen LogP contribution in [-0.2, 0) is 0 Å². The van der Waals surface area contributed by atoms with Gasteiger partial charge in [0.25, 0.3) is 0 Å². The predicted molar refractivity (Wildman–Crippen MR) is 75.8 cm³/mol. The predicted octanol–water partition coefficient (Wildman–Crippen LogP) is 3.81. The SMILES string of the molecule is CC1CCC(Nc2nc(-c3ccccc3)ns2)C1. The third-order valence-electron chi connectivity index (χ3n) is 3.48. The minimum absolute atomic E-state index is 0.580. The zero-order valence-electron chi connectivity index (χ0n) is 10.5. The van der Waals surface area contributed by atoms with E-state index in [1.807, 2.05) is 30.3 Å². The van der Waals surface area contributed by atoms with E-state index in [-0.39, 0.29) is 0 Å². The summed E-state index contributed by atoms with van der Waals surface area (Å²) in [7, 11) is 0. The van der Waals surface area contributed by atoms with Gasteiger partial charge in [0.05, 0.1) is 0 Å². The van der Waals surface area contributed by atoms with E-state index in [1.54, 1.807) is 0 Å². The van der Waals surface area contributed by atoms with Gasteiger partial charge in [-0.2, -0.15) is 9.36 Å². The summed E-state index contributed by atoms with van der Waals surface area (Å²) < 4.78 is 4.42. The van der Waals surface area contributed by atoms with E-state index in [0.717, 1.165) is 22.4 Å². The fraction of sp³-hybridized carbons (Fsp3) is 0.429. The molecule has 1 N–H and O–H groups in total. The third kappa shape index (κ3) is 2.53. The second-order valence-electron chi connectivity index (χ2n) is 5.05. The molecule has 3 rings (SSSR count). The molecule has 1 heterocycles. The highest BCUT2D eigenvalue weighted by Crippen LogP contribution is 2.29. The fourth-order valence-corrected chi connectivity index (χ4v) is 3.17. The van der Waals surface area contributed by atoms with Gasteiger partial charge in [0.1, 0.15) is 0 Å².